The molecule has 1 amide bonds. The number of thioether (sulfide) groups is 1. The third kappa shape index (κ3) is 5.44. The Hall–Kier alpha value is -4.08. The van der Waals surface area contributed by atoms with Crippen LogP contribution in [0.25, 0.3) is 6.08 Å². The van der Waals surface area contributed by atoms with E-state index >= 15 is 0 Å². The molecule has 0 saturated heterocycles. The Kier molecular flexibility index (Phi) is 7.48. The second-order valence-corrected chi connectivity index (χ2v) is 9.69. The fraction of sp³-hybridized carbons (Fsp3) is 0.143. The highest BCUT2D eigenvalue weighted by atomic mass is 35.5. The molecular weight excluding hydrogens is 524 g/mol. The molecule has 2 aliphatic heterocycles. The molecule has 5 rings (SSSR count). The van der Waals surface area contributed by atoms with Crippen molar-refractivity contribution in [1.82, 2.24) is 5.01 Å². The van der Waals surface area contributed by atoms with E-state index in [1.807, 2.05) is 49.4 Å². The maximum atomic E-state index is 12.8. The van der Waals surface area contributed by atoms with Crippen molar-refractivity contribution < 1.29 is 19.0 Å². The molecule has 1 N–H and O–H groups in total. The van der Waals surface area contributed by atoms with E-state index in [1.165, 1.54) is 22.3 Å². The number of hydrazone groups is 1. The van der Waals surface area contributed by atoms with Crippen LogP contribution < -0.4 is 14.2 Å². The van der Waals surface area contributed by atoms with Gasteiger partial charge < -0.3 is 14.2 Å². The van der Waals surface area contributed by atoms with Gasteiger partial charge in [0.25, 0.3) is 5.91 Å². The SMILES string of the molecule is COc1cc(C=C2C(=N)N3N=C(c4ccccc4Cl)SC3=NC2=O)ccc1OCCOc1ccc(C)cc1. The molecule has 0 atom stereocenters. The lowest BCUT2D eigenvalue weighted by Gasteiger charge is -2.20. The molecule has 0 radical (unpaired) electrons. The summed E-state index contributed by atoms with van der Waals surface area (Å²) in [5.41, 5.74) is 2.64. The summed E-state index contributed by atoms with van der Waals surface area (Å²) < 4.78 is 17.0. The molecule has 0 fully saturated rings. The molecule has 3 aromatic carbocycles. The summed E-state index contributed by atoms with van der Waals surface area (Å²) in [6, 6.07) is 20.3. The zero-order valence-corrected chi connectivity index (χ0v) is 22.2. The number of carbonyl (C=O) groups is 1. The molecule has 0 unspecified atom stereocenters. The van der Waals surface area contributed by atoms with Crippen LogP contribution in [0.3, 0.4) is 0 Å². The van der Waals surface area contributed by atoms with Crippen LogP contribution in [0.15, 0.2) is 82.4 Å². The predicted octanol–water partition coefficient (Wildman–Crippen LogP) is 5.78. The third-order valence-electron chi connectivity index (χ3n) is 5.69. The van der Waals surface area contributed by atoms with E-state index in [4.69, 9.17) is 31.2 Å². The summed E-state index contributed by atoms with van der Waals surface area (Å²) in [6.45, 7) is 2.71. The second kappa shape index (κ2) is 11.1. The minimum atomic E-state index is -0.517. The number of hydrogen-bond acceptors (Lipinski definition) is 7. The van der Waals surface area contributed by atoms with Gasteiger partial charge in [0.2, 0.25) is 5.17 Å². The molecule has 38 heavy (non-hydrogen) atoms. The number of hydrogen-bond donors (Lipinski definition) is 1. The van der Waals surface area contributed by atoms with Gasteiger partial charge in [0.05, 0.1) is 17.7 Å². The van der Waals surface area contributed by atoms with Crippen LogP contribution in [0.2, 0.25) is 5.02 Å². The first kappa shape index (κ1) is 25.6. The van der Waals surface area contributed by atoms with Crippen molar-refractivity contribution >= 4 is 51.4 Å². The first-order chi connectivity index (χ1) is 18.4. The molecule has 2 aliphatic rings. The molecule has 0 saturated carbocycles. The standard InChI is InChI=1S/C28H23ClN4O4S/c1-17-7-10-19(11-8-17)36-13-14-37-23-12-9-18(16-24(23)35-2)15-21-25(30)33-28(31-26(21)34)38-27(32-33)20-5-3-4-6-22(20)29/h3-12,15-16,30H,13-14H2,1-2H3. The fourth-order valence-corrected chi connectivity index (χ4v) is 4.95. The Bertz CT molecular complexity index is 1500. The highest BCUT2D eigenvalue weighted by Gasteiger charge is 2.36. The normalized spacial score (nSPS) is 15.8. The zero-order chi connectivity index (χ0) is 26.6. The topological polar surface area (TPSA) is 96.6 Å². The van der Waals surface area contributed by atoms with E-state index < -0.39 is 5.91 Å². The van der Waals surface area contributed by atoms with E-state index in [1.54, 1.807) is 37.5 Å². The van der Waals surface area contributed by atoms with Crippen LogP contribution in [0.1, 0.15) is 16.7 Å². The summed E-state index contributed by atoms with van der Waals surface area (Å²) in [5.74, 6) is 1.22. The van der Waals surface area contributed by atoms with Gasteiger partial charge >= 0.3 is 0 Å². The molecule has 0 spiro atoms. The number of amides is 1. The number of aryl methyl sites for hydroxylation is 1. The van der Waals surface area contributed by atoms with Crippen LogP contribution in [0.4, 0.5) is 0 Å². The number of halogens is 1. The highest BCUT2D eigenvalue weighted by molar-refractivity contribution is 8.27. The number of fused-ring (bicyclic) bond motifs is 1. The number of carbonyl (C=O) groups excluding carboxylic acids is 1. The zero-order valence-electron chi connectivity index (χ0n) is 20.6. The Morgan fingerprint density at radius 3 is 2.55 bits per heavy atom. The van der Waals surface area contributed by atoms with Gasteiger partial charge in [-0.1, -0.05) is 53.6 Å². The van der Waals surface area contributed by atoms with Crippen LogP contribution >= 0.6 is 23.4 Å². The molecule has 8 nitrogen and oxygen atoms in total. The summed E-state index contributed by atoms with van der Waals surface area (Å²) in [7, 11) is 1.54. The molecule has 0 bridgehead atoms. The summed E-state index contributed by atoms with van der Waals surface area (Å²) >= 11 is 7.50. The molecule has 0 aromatic heterocycles. The van der Waals surface area contributed by atoms with E-state index in [-0.39, 0.29) is 11.4 Å². The fourth-order valence-electron chi connectivity index (χ4n) is 3.74. The van der Waals surface area contributed by atoms with Gasteiger partial charge in [-0.3, -0.25) is 10.2 Å². The van der Waals surface area contributed by atoms with E-state index in [0.717, 1.165) is 5.75 Å². The lowest BCUT2D eigenvalue weighted by Crippen LogP contribution is -2.35. The minimum Gasteiger partial charge on any atom is -0.493 e. The Morgan fingerprint density at radius 1 is 1.03 bits per heavy atom. The van der Waals surface area contributed by atoms with Crippen molar-refractivity contribution in [3.63, 3.8) is 0 Å². The van der Waals surface area contributed by atoms with Gasteiger partial charge in [0.1, 0.15) is 24.0 Å². The summed E-state index contributed by atoms with van der Waals surface area (Å²) in [6.07, 6.45) is 1.59. The minimum absolute atomic E-state index is 0.0675. The lowest BCUT2D eigenvalue weighted by molar-refractivity contribution is -0.114. The quantitative estimate of drug-likeness (QED) is 0.284. The van der Waals surface area contributed by atoms with Crippen LogP contribution in [0, 0.1) is 12.3 Å². The monoisotopic (exact) mass is 546 g/mol. The number of rotatable bonds is 8. The van der Waals surface area contributed by atoms with Crippen molar-refractivity contribution in [3.8, 4) is 17.2 Å². The Balaban J connectivity index is 1.29. The lowest BCUT2D eigenvalue weighted by atomic mass is 10.1. The molecule has 3 aromatic rings. The average molecular weight is 547 g/mol. The summed E-state index contributed by atoms with van der Waals surface area (Å²) in [4.78, 5) is 17.0. The van der Waals surface area contributed by atoms with Gasteiger partial charge in [0, 0.05) is 5.56 Å². The molecule has 2 heterocycles. The first-order valence-electron chi connectivity index (χ1n) is 11.7. The van der Waals surface area contributed by atoms with Crippen molar-refractivity contribution in [2.45, 2.75) is 6.92 Å². The van der Waals surface area contributed by atoms with Crippen molar-refractivity contribution in [3.05, 3.63) is 94.0 Å². The van der Waals surface area contributed by atoms with Crippen molar-refractivity contribution in [2.24, 2.45) is 10.1 Å². The maximum absolute atomic E-state index is 12.8. The van der Waals surface area contributed by atoms with Gasteiger partial charge in [-0.25, -0.2) is 0 Å². The average Bonchev–Trinajstić information content (AvgIpc) is 3.34. The molecule has 10 heteroatoms. The highest BCUT2D eigenvalue weighted by Crippen LogP contribution is 2.34. The van der Waals surface area contributed by atoms with Crippen molar-refractivity contribution in [1.29, 1.82) is 5.41 Å². The molecular formula is C28H23ClN4O4S. The maximum Gasteiger partial charge on any atom is 0.283 e. The predicted molar refractivity (Wildman–Crippen MR) is 151 cm³/mol. The second-order valence-electron chi connectivity index (χ2n) is 8.33. The Morgan fingerprint density at radius 2 is 1.79 bits per heavy atom. The number of nitrogens with one attached hydrogen (secondary N) is 1. The molecule has 192 valence electrons. The third-order valence-corrected chi connectivity index (χ3v) is 6.96. The van der Waals surface area contributed by atoms with Crippen LogP contribution in [0.5, 0.6) is 17.2 Å². The number of nitrogens with zero attached hydrogens (tertiary/aromatic N) is 3. The number of benzene rings is 3. The smallest absolute Gasteiger partial charge is 0.283 e. The van der Waals surface area contributed by atoms with Crippen LogP contribution in [-0.4, -0.2) is 47.3 Å². The van der Waals surface area contributed by atoms with E-state index in [0.29, 0.717) is 51.1 Å². The Labute approximate surface area is 229 Å². The van der Waals surface area contributed by atoms with Gasteiger partial charge in [-0.05, 0) is 60.7 Å². The number of amidine groups is 2. The van der Waals surface area contributed by atoms with E-state index in [9.17, 15) is 4.79 Å². The van der Waals surface area contributed by atoms with Crippen LogP contribution in [-0.2, 0) is 4.79 Å². The van der Waals surface area contributed by atoms with Crippen molar-refractivity contribution in [2.75, 3.05) is 20.3 Å². The van der Waals surface area contributed by atoms with E-state index in [2.05, 4.69) is 10.1 Å². The number of aliphatic imine (C=N–C) groups is 1. The van der Waals surface area contributed by atoms with Gasteiger partial charge in [0.15, 0.2) is 17.3 Å². The summed E-state index contributed by atoms with van der Waals surface area (Å²) in [5, 5.41) is 15.9. The molecule has 0 aliphatic carbocycles. The number of methoxy groups -OCH3 is 1. The number of ether oxygens (including phenoxy) is 3. The van der Waals surface area contributed by atoms with Gasteiger partial charge in [-0.2, -0.15) is 15.1 Å². The largest absolute Gasteiger partial charge is 0.493 e. The first-order valence-corrected chi connectivity index (χ1v) is 12.9. The van der Waals surface area contributed by atoms with Gasteiger partial charge in [-0.15, -0.1) is 0 Å².